The number of aryl methyl sites for hydroxylation is 1. The topological polar surface area (TPSA) is 42.0 Å². The van der Waals surface area contributed by atoms with Crippen molar-refractivity contribution in [2.24, 2.45) is 5.92 Å². The molecule has 2 heterocycles. The molecule has 3 nitrogen and oxygen atoms in total. The number of piperidine rings is 1. The normalized spacial score (nSPS) is 21.3. The molecule has 0 amide bonds. The lowest BCUT2D eigenvalue weighted by Crippen LogP contribution is -2.34. The standard InChI is InChI=1S/C12H16N2O/c1-9-5-11(8-14-6-9)12(15)10-3-2-4-13-7-10/h5-6,8,10,13H,2-4,7H2,1H3. The van der Waals surface area contributed by atoms with Crippen LogP contribution >= 0.6 is 0 Å². The van der Waals surface area contributed by atoms with E-state index >= 15 is 0 Å². The summed E-state index contributed by atoms with van der Waals surface area (Å²) in [6.07, 6.45) is 5.54. The third-order valence-corrected chi connectivity index (χ3v) is 2.83. The first kappa shape index (κ1) is 10.3. The molecule has 1 fully saturated rings. The van der Waals surface area contributed by atoms with Crippen LogP contribution in [-0.4, -0.2) is 23.9 Å². The highest BCUT2D eigenvalue weighted by atomic mass is 16.1. The van der Waals surface area contributed by atoms with Gasteiger partial charge in [0.1, 0.15) is 0 Å². The maximum atomic E-state index is 12.1. The fourth-order valence-electron chi connectivity index (χ4n) is 2.00. The lowest BCUT2D eigenvalue weighted by molar-refractivity contribution is 0.0899. The van der Waals surface area contributed by atoms with Crippen molar-refractivity contribution in [3.63, 3.8) is 0 Å². The zero-order valence-corrected chi connectivity index (χ0v) is 8.99. The summed E-state index contributed by atoms with van der Waals surface area (Å²) in [6.45, 7) is 3.81. The quantitative estimate of drug-likeness (QED) is 0.743. The molecule has 0 bridgehead atoms. The van der Waals surface area contributed by atoms with E-state index in [1.807, 2.05) is 13.0 Å². The first-order valence-corrected chi connectivity index (χ1v) is 5.44. The number of Topliss-reactive ketones (excluding diaryl/α,β-unsaturated/α-hetero) is 1. The molecule has 1 N–H and O–H groups in total. The van der Waals surface area contributed by atoms with Crippen LogP contribution in [0.2, 0.25) is 0 Å². The van der Waals surface area contributed by atoms with E-state index in [1.54, 1.807) is 12.4 Å². The third-order valence-electron chi connectivity index (χ3n) is 2.83. The summed E-state index contributed by atoms with van der Waals surface area (Å²) in [5, 5.41) is 3.26. The van der Waals surface area contributed by atoms with Gasteiger partial charge in [-0.05, 0) is 37.9 Å². The Morgan fingerprint density at radius 3 is 3.07 bits per heavy atom. The predicted molar refractivity (Wildman–Crippen MR) is 58.9 cm³/mol. The highest BCUT2D eigenvalue weighted by Crippen LogP contribution is 2.16. The first-order chi connectivity index (χ1) is 7.27. The van der Waals surface area contributed by atoms with Gasteiger partial charge in [-0.1, -0.05) is 0 Å². The van der Waals surface area contributed by atoms with E-state index in [4.69, 9.17) is 0 Å². The molecular formula is C12H16N2O. The second kappa shape index (κ2) is 4.53. The SMILES string of the molecule is Cc1cncc(C(=O)C2CCCNC2)c1. The summed E-state index contributed by atoms with van der Waals surface area (Å²) in [7, 11) is 0. The molecule has 0 spiro atoms. The third kappa shape index (κ3) is 2.42. The minimum Gasteiger partial charge on any atom is -0.316 e. The summed E-state index contributed by atoms with van der Waals surface area (Å²) in [6, 6.07) is 1.92. The van der Waals surface area contributed by atoms with Crippen molar-refractivity contribution in [3.05, 3.63) is 29.6 Å². The Hall–Kier alpha value is -1.22. The lowest BCUT2D eigenvalue weighted by Gasteiger charge is -2.21. The van der Waals surface area contributed by atoms with Crippen molar-refractivity contribution in [1.29, 1.82) is 0 Å². The Balaban J connectivity index is 2.12. The summed E-state index contributed by atoms with van der Waals surface area (Å²) in [4.78, 5) is 16.1. The number of pyridine rings is 1. The molecule has 1 unspecified atom stereocenters. The van der Waals surface area contributed by atoms with Crippen LogP contribution in [0, 0.1) is 12.8 Å². The van der Waals surface area contributed by atoms with Gasteiger partial charge in [-0.2, -0.15) is 0 Å². The van der Waals surface area contributed by atoms with Gasteiger partial charge in [-0.25, -0.2) is 0 Å². The van der Waals surface area contributed by atoms with Gasteiger partial charge in [0.25, 0.3) is 0 Å². The van der Waals surface area contributed by atoms with E-state index in [1.165, 1.54) is 0 Å². The highest BCUT2D eigenvalue weighted by molar-refractivity contribution is 5.97. The van der Waals surface area contributed by atoms with Gasteiger partial charge < -0.3 is 5.32 Å². The number of ketones is 1. The molecule has 0 aliphatic carbocycles. The molecule has 0 saturated carbocycles. The second-order valence-corrected chi connectivity index (χ2v) is 4.16. The van der Waals surface area contributed by atoms with Crippen molar-refractivity contribution in [3.8, 4) is 0 Å². The fraction of sp³-hybridized carbons (Fsp3) is 0.500. The Morgan fingerprint density at radius 1 is 1.53 bits per heavy atom. The van der Waals surface area contributed by atoms with Gasteiger partial charge in [0.05, 0.1) is 0 Å². The van der Waals surface area contributed by atoms with Gasteiger partial charge in [0, 0.05) is 30.4 Å². The molecule has 0 aromatic carbocycles. The van der Waals surface area contributed by atoms with E-state index < -0.39 is 0 Å². The largest absolute Gasteiger partial charge is 0.316 e. The number of rotatable bonds is 2. The van der Waals surface area contributed by atoms with E-state index in [0.717, 1.165) is 37.1 Å². The number of nitrogens with zero attached hydrogens (tertiary/aromatic N) is 1. The van der Waals surface area contributed by atoms with Crippen LogP contribution in [0.4, 0.5) is 0 Å². The molecule has 80 valence electrons. The second-order valence-electron chi connectivity index (χ2n) is 4.16. The number of nitrogens with one attached hydrogen (secondary N) is 1. The average molecular weight is 204 g/mol. The molecule has 3 heteroatoms. The average Bonchev–Trinajstić information content (AvgIpc) is 2.29. The monoisotopic (exact) mass is 204 g/mol. The van der Waals surface area contributed by atoms with Crippen molar-refractivity contribution in [2.75, 3.05) is 13.1 Å². The summed E-state index contributed by atoms with van der Waals surface area (Å²) in [5.74, 6) is 0.376. The van der Waals surface area contributed by atoms with Crippen LogP contribution in [0.25, 0.3) is 0 Å². The van der Waals surface area contributed by atoms with Gasteiger partial charge in [0.2, 0.25) is 0 Å². The summed E-state index contributed by atoms with van der Waals surface area (Å²) >= 11 is 0. The number of aromatic nitrogens is 1. The molecule has 0 radical (unpaired) electrons. The molecule has 1 saturated heterocycles. The smallest absolute Gasteiger partial charge is 0.168 e. The molecule has 1 aliphatic heterocycles. The summed E-state index contributed by atoms with van der Waals surface area (Å²) < 4.78 is 0. The Kier molecular flexibility index (Phi) is 3.11. The number of carbonyl (C=O) groups is 1. The molecule has 1 aromatic heterocycles. The van der Waals surface area contributed by atoms with Gasteiger partial charge in [0.15, 0.2) is 5.78 Å². The molecule has 1 atom stereocenters. The Morgan fingerprint density at radius 2 is 2.40 bits per heavy atom. The maximum absolute atomic E-state index is 12.1. The molecule has 1 aliphatic rings. The minimum absolute atomic E-state index is 0.141. The zero-order chi connectivity index (χ0) is 10.7. The van der Waals surface area contributed by atoms with E-state index in [0.29, 0.717) is 0 Å². The van der Waals surface area contributed by atoms with Gasteiger partial charge >= 0.3 is 0 Å². The molecular weight excluding hydrogens is 188 g/mol. The Bertz CT molecular complexity index is 356. The minimum atomic E-state index is 0.141. The number of hydrogen-bond donors (Lipinski definition) is 1. The zero-order valence-electron chi connectivity index (χ0n) is 8.99. The Labute approximate surface area is 89.9 Å². The molecule has 15 heavy (non-hydrogen) atoms. The van der Waals surface area contributed by atoms with Crippen molar-refractivity contribution in [1.82, 2.24) is 10.3 Å². The highest BCUT2D eigenvalue weighted by Gasteiger charge is 2.22. The van der Waals surface area contributed by atoms with E-state index in [2.05, 4.69) is 10.3 Å². The maximum Gasteiger partial charge on any atom is 0.168 e. The lowest BCUT2D eigenvalue weighted by atomic mass is 9.91. The van der Waals surface area contributed by atoms with Crippen molar-refractivity contribution < 1.29 is 4.79 Å². The van der Waals surface area contributed by atoms with E-state index in [-0.39, 0.29) is 11.7 Å². The van der Waals surface area contributed by atoms with Crippen LogP contribution < -0.4 is 5.32 Å². The molecule has 1 aromatic rings. The number of hydrogen-bond acceptors (Lipinski definition) is 3. The van der Waals surface area contributed by atoms with Crippen LogP contribution in [0.1, 0.15) is 28.8 Å². The van der Waals surface area contributed by atoms with Crippen molar-refractivity contribution >= 4 is 5.78 Å². The fourth-order valence-corrected chi connectivity index (χ4v) is 2.00. The van der Waals surface area contributed by atoms with Crippen LogP contribution in [0.5, 0.6) is 0 Å². The van der Waals surface area contributed by atoms with Gasteiger partial charge in [-0.3, -0.25) is 9.78 Å². The van der Waals surface area contributed by atoms with Crippen molar-refractivity contribution in [2.45, 2.75) is 19.8 Å². The van der Waals surface area contributed by atoms with Crippen LogP contribution in [0.15, 0.2) is 18.5 Å². The first-order valence-electron chi connectivity index (χ1n) is 5.44. The van der Waals surface area contributed by atoms with Crippen LogP contribution in [0.3, 0.4) is 0 Å². The number of carbonyl (C=O) groups excluding carboxylic acids is 1. The van der Waals surface area contributed by atoms with Crippen LogP contribution in [-0.2, 0) is 0 Å². The predicted octanol–water partition coefficient (Wildman–Crippen LogP) is 1.57. The van der Waals surface area contributed by atoms with E-state index in [9.17, 15) is 4.79 Å². The molecule has 2 rings (SSSR count). The van der Waals surface area contributed by atoms with Gasteiger partial charge in [-0.15, -0.1) is 0 Å². The summed E-state index contributed by atoms with van der Waals surface area (Å²) in [5.41, 5.74) is 1.80.